The van der Waals surface area contributed by atoms with Crippen LogP contribution in [0.3, 0.4) is 0 Å². The Balaban J connectivity index is 1.73. The first kappa shape index (κ1) is 24.7. The third-order valence-corrected chi connectivity index (χ3v) is 8.47. The van der Waals surface area contributed by atoms with E-state index in [9.17, 15) is 19.7 Å². The molecule has 3 N–H and O–H groups in total. The second-order valence-corrected chi connectivity index (χ2v) is 11.4. The van der Waals surface area contributed by atoms with Gasteiger partial charge in [-0.3, -0.25) is 0 Å². The maximum atomic E-state index is 13.4. The van der Waals surface area contributed by atoms with Gasteiger partial charge in [-0.25, -0.2) is 4.39 Å². The molecule has 0 heterocycles. The Kier molecular flexibility index (Phi) is 7.87. The summed E-state index contributed by atoms with van der Waals surface area (Å²) in [6, 6.07) is 0. The normalized spacial score (nSPS) is 39.3. The maximum absolute atomic E-state index is 13.4. The molecule has 0 amide bonds. The number of aliphatic hydroxyl groups excluding tert-OH is 2. The molecule has 3 aliphatic carbocycles. The molecule has 3 saturated carbocycles. The fourth-order valence-electron chi connectivity index (χ4n) is 6.84. The molecule has 4 heteroatoms. The molecule has 0 saturated heterocycles. The molecule has 3 rings (SSSR count). The van der Waals surface area contributed by atoms with E-state index in [1.165, 1.54) is 37.7 Å². The van der Waals surface area contributed by atoms with Crippen LogP contribution < -0.4 is 0 Å². The van der Waals surface area contributed by atoms with Gasteiger partial charge in [0, 0.05) is 12.0 Å². The van der Waals surface area contributed by atoms with Crippen LogP contribution in [0.1, 0.15) is 91.9 Å². The molecular weight excluding hydrogens is 391 g/mol. The van der Waals surface area contributed by atoms with Crippen LogP contribution in [0.5, 0.6) is 0 Å². The number of hydrogen-bond donors (Lipinski definition) is 3. The van der Waals surface area contributed by atoms with E-state index in [-0.39, 0.29) is 6.42 Å². The Hall–Kier alpha value is -0.970. The van der Waals surface area contributed by atoms with Crippen LogP contribution in [0.15, 0.2) is 35.2 Å². The zero-order valence-electron chi connectivity index (χ0n) is 19.9. The van der Waals surface area contributed by atoms with Crippen molar-refractivity contribution in [2.24, 2.45) is 23.2 Å². The lowest BCUT2D eigenvalue weighted by Crippen LogP contribution is -2.36. The van der Waals surface area contributed by atoms with Crippen molar-refractivity contribution < 1.29 is 19.7 Å². The summed E-state index contributed by atoms with van der Waals surface area (Å²) in [6.45, 7) is 8.66. The average molecular weight is 435 g/mol. The summed E-state index contributed by atoms with van der Waals surface area (Å²) < 4.78 is 13.4. The van der Waals surface area contributed by atoms with Crippen molar-refractivity contribution in [3.63, 3.8) is 0 Å². The third kappa shape index (κ3) is 5.69. The quantitative estimate of drug-likeness (QED) is 0.480. The SMILES string of the molecule is C[C@H](CCCC(C)(C)O)[C@H]1CC[C@H]2/C(=C/C=C3/C[C@@H](O)C[C@H](O)/C3=C\F)CCC[C@]12C. The number of halogens is 1. The van der Waals surface area contributed by atoms with Crippen LogP contribution >= 0.6 is 0 Å². The Morgan fingerprint density at radius 2 is 1.97 bits per heavy atom. The molecule has 0 bridgehead atoms. The van der Waals surface area contributed by atoms with Crippen molar-refractivity contribution in [3.8, 4) is 0 Å². The van der Waals surface area contributed by atoms with Crippen LogP contribution in [-0.2, 0) is 0 Å². The minimum Gasteiger partial charge on any atom is -0.393 e. The van der Waals surface area contributed by atoms with Gasteiger partial charge in [-0.15, -0.1) is 0 Å². The Morgan fingerprint density at radius 1 is 1.23 bits per heavy atom. The molecule has 0 spiro atoms. The number of allylic oxidation sites excluding steroid dienone is 3. The van der Waals surface area contributed by atoms with E-state index in [2.05, 4.69) is 19.9 Å². The van der Waals surface area contributed by atoms with Gasteiger partial charge < -0.3 is 15.3 Å². The first-order valence-electron chi connectivity index (χ1n) is 12.3. The van der Waals surface area contributed by atoms with Crippen molar-refractivity contribution in [2.75, 3.05) is 0 Å². The summed E-state index contributed by atoms with van der Waals surface area (Å²) in [7, 11) is 0. The second kappa shape index (κ2) is 9.89. The molecular formula is C27H43FO3. The molecule has 0 aliphatic heterocycles. The van der Waals surface area contributed by atoms with Gasteiger partial charge >= 0.3 is 0 Å². The molecule has 3 aliphatic rings. The molecule has 0 aromatic heterocycles. The van der Waals surface area contributed by atoms with Crippen LogP contribution in [0.25, 0.3) is 0 Å². The number of fused-ring (bicyclic) bond motifs is 1. The highest BCUT2D eigenvalue weighted by Crippen LogP contribution is 2.60. The van der Waals surface area contributed by atoms with Crippen molar-refractivity contribution in [1.82, 2.24) is 0 Å². The molecule has 6 atom stereocenters. The summed E-state index contributed by atoms with van der Waals surface area (Å²) in [5.41, 5.74) is 2.23. The molecule has 0 aromatic rings. The van der Waals surface area contributed by atoms with E-state index in [1.807, 2.05) is 19.9 Å². The highest BCUT2D eigenvalue weighted by atomic mass is 19.1. The highest BCUT2D eigenvalue weighted by Gasteiger charge is 2.50. The lowest BCUT2D eigenvalue weighted by atomic mass is 9.60. The van der Waals surface area contributed by atoms with Gasteiger partial charge in [0.05, 0.1) is 24.1 Å². The Labute approximate surface area is 188 Å². The lowest BCUT2D eigenvalue weighted by molar-refractivity contribution is 0.0596. The third-order valence-electron chi connectivity index (χ3n) is 8.47. The minimum absolute atomic E-state index is 0.206. The first-order chi connectivity index (χ1) is 14.5. The molecule has 176 valence electrons. The van der Waals surface area contributed by atoms with Crippen molar-refractivity contribution in [2.45, 2.75) is 110 Å². The summed E-state index contributed by atoms with van der Waals surface area (Å²) in [5, 5.41) is 30.2. The van der Waals surface area contributed by atoms with Crippen molar-refractivity contribution in [3.05, 3.63) is 35.2 Å². The molecule has 3 fully saturated rings. The fraction of sp³-hybridized carbons (Fsp3) is 0.778. The fourth-order valence-corrected chi connectivity index (χ4v) is 6.84. The standard InChI is InChI=1S/C27H43FO3/c1-18(7-5-13-26(2,3)31)23-11-12-24-19(8-6-14-27(23,24)4)9-10-20-15-21(29)16-25(30)22(20)17-28/h9-10,17-18,21,23-25,29-31H,5-8,11-16H2,1-4H3/b19-9+,20-10-,22-17-/t18-,21-,23-,24+,25+,27-/m1/s1. The van der Waals surface area contributed by atoms with Gasteiger partial charge in [0.2, 0.25) is 0 Å². The molecule has 3 nitrogen and oxygen atoms in total. The van der Waals surface area contributed by atoms with Crippen LogP contribution in [0, 0.1) is 23.2 Å². The number of rotatable bonds is 6. The van der Waals surface area contributed by atoms with Gasteiger partial charge in [0.25, 0.3) is 0 Å². The monoisotopic (exact) mass is 434 g/mol. The summed E-state index contributed by atoms with van der Waals surface area (Å²) in [4.78, 5) is 0. The summed E-state index contributed by atoms with van der Waals surface area (Å²) >= 11 is 0. The van der Waals surface area contributed by atoms with E-state index in [1.54, 1.807) is 0 Å². The number of hydrogen-bond acceptors (Lipinski definition) is 3. The van der Waals surface area contributed by atoms with Gasteiger partial charge in [0.15, 0.2) is 0 Å². The predicted octanol–water partition coefficient (Wildman–Crippen LogP) is 6.00. The van der Waals surface area contributed by atoms with Gasteiger partial charge in [-0.05, 0) is 87.5 Å². The van der Waals surface area contributed by atoms with E-state index in [0.29, 0.717) is 41.5 Å². The van der Waals surface area contributed by atoms with Crippen LogP contribution in [-0.4, -0.2) is 33.1 Å². The summed E-state index contributed by atoms with van der Waals surface area (Å²) in [5.74, 6) is 1.92. The lowest BCUT2D eigenvalue weighted by Gasteiger charge is -2.44. The molecule has 0 unspecified atom stereocenters. The van der Waals surface area contributed by atoms with Crippen molar-refractivity contribution in [1.29, 1.82) is 0 Å². The molecule has 0 aromatic carbocycles. The Bertz CT molecular complexity index is 716. The van der Waals surface area contributed by atoms with Gasteiger partial charge in [-0.2, -0.15) is 0 Å². The maximum Gasteiger partial charge on any atom is 0.0927 e. The molecule has 31 heavy (non-hydrogen) atoms. The Morgan fingerprint density at radius 3 is 2.65 bits per heavy atom. The van der Waals surface area contributed by atoms with E-state index in [0.717, 1.165) is 24.8 Å². The van der Waals surface area contributed by atoms with E-state index < -0.39 is 17.8 Å². The van der Waals surface area contributed by atoms with Crippen LogP contribution in [0.2, 0.25) is 0 Å². The topological polar surface area (TPSA) is 60.7 Å². The second-order valence-electron chi connectivity index (χ2n) is 11.4. The predicted molar refractivity (Wildman–Crippen MR) is 124 cm³/mol. The first-order valence-corrected chi connectivity index (χ1v) is 12.3. The zero-order chi connectivity index (χ0) is 22.8. The van der Waals surface area contributed by atoms with Gasteiger partial charge in [0.1, 0.15) is 0 Å². The average Bonchev–Trinajstić information content (AvgIpc) is 3.02. The van der Waals surface area contributed by atoms with E-state index >= 15 is 0 Å². The van der Waals surface area contributed by atoms with E-state index in [4.69, 9.17) is 0 Å². The van der Waals surface area contributed by atoms with Gasteiger partial charge in [-0.1, -0.05) is 44.4 Å². The highest BCUT2D eigenvalue weighted by molar-refractivity contribution is 5.39. The molecule has 0 radical (unpaired) electrons. The zero-order valence-corrected chi connectivity index (χ0v) is 19.9. The van der Waals surface area contributed by atoms with Crippen molar-refractivity contribution >= 4 is 0 Å². The van der Waals surface area contributed by atoms with Crippen LogP contribution in [0.4, 0.5) is 4.39 Å². The largest absolute Gasteiger partial charge is 0.393 e. The number of aliphatic hydroxyl groups is 3. The summed E-state index contributed by atoms with van der Waals surface area (Å²) in [6.07, 6.45) is 12.8. The smallest absolute Gasteiger partial charge is 0.0927 e. The minimum atomic E-state index is -0.921.